The fourth-order valence-corrected chi connectivity index (χ4v) is 3.98. The van der Waals surface area contributed by atoms with E-state index in [1.807, 2.05) is 19.9 Å². The molecule has 28 heavy (non-hydrogen) atoms. The Morgan fingerprint density at radius 3 is 2.79 bits per heavy atom. The average molecular weight is 393 g/mol. The molecule has 0 radical (unpaired) electrons. The highest BCUT2D eigenvalue weighted by Crippen LogP contribution is 2.27. The fourth-order valence-electron chi connectivity index (χ4n) is 3.98. The van der Waals surface area contributed by atoms with Gasteiger partial charge in [-0.15, -0.1) is 0 Å². The van der Waals surface area contributed by atoms with Crippen molar-refractivity contribution in [1.29, 1.82) is 0 Å². The number of nitrogens with one attached hydrogen (secondary N) is 2. The molecule has 2 unspecified atom stereocenters. The second-order valence-electron chi connectivity index (χ2n) is 8.48. The van der Waals surface area contributed by atoms with Crippen LogP contribution in [-0.2, 0) is 5.60 Å². The maximum Gasteiger partial charge on any atom is 0.191 e. The summed E-state index contributed by atoms with van der Waals surface area (Å²) in [7, 11) is 0. The number of nitrogens with zero attached hydrogens (tertiary/aromatic N) is 2. The first-order valence-corrected chi connectivity index (χ1v) is 10.9. The van der Waals surface area contributed by atoms with Crippen LogP contribution in [0.15, 0.2) is 15.5 Å². The van der Waals surface area contributed by atoms with Gasteiger partial charge in [0, 0.05) is 25.2 Å². The molecule has 0 saturated carbocycles. The highest BCUT2D eigenvalue weighted by molar-refractivity contribution is 5.79. The summed E-state index contributed by atoms with van der Waals surface area (Å²) in [5.41, 5.74) is -0.241. The lowest BCUT2D eigenvalue weighted by molar-refractivity contribution is 0.0657. The standard InChI is InChI=1S/C22H40N4O2/c1-6-23-21(24-11-7-8-12-26-13-9-10-17(2)15-26)25-16-22(5,27)20-14-18(3)28-19(20)4/h14,17,27H,6-13,15-16H2,1-5H3,(H2,23,24,25). The van der Waals surface area contributed by atoms with Gasteiger partial charge >= 0.3 is 0 Å². The van der Waals surface area contributed by atoms with Crippen LogP contribution in [0.1, 0.15) is 63.5 Å². The topological polar surface area (TPSA) is 73.0 Å². The normalized spacial score (nSPS) is 20.8. The molecule has 2 atom stereocenters. The third-order valence-electron chi connectivity index (χ3n) is 5.45. The number of aliphatic imine (C=N–C) groups is 1. The molecule has 1 fully saturated rings. The van der Waals surface area contributed by atoms with E-state index in [2.05, 4.69) is 34.4 Å². The van der Waals surface area contributed by atoms with Crippen LogP contribution in [0.25, 0.3) is 0 Å². The molecule has 2 rings (SSSR count). The van der Waals surface area contributed by atoms with Crippen LogP contribution >= 0.6 is 0 Å². The van der Waals surface area contributed by atoms with Gasteiger partial charge in [-0.3, -0.25) is 0 Å². The second kappa shape index (κ2) is 10.9. The molecule has 160 valence electrons. The van der Waals surface area contributed by atoms with E-state index in [0.717, 1.165) is 48.5 Å². The van der Waals surface area contributed by atoms with Crippen LogP contribution in [0.2, 0.25) is 0 Å². The van der Waals surface area contributed by atoms with Gasteiger partial charge in [-0.2, -0.15) is 0 Å². The molecule has 0 aliphatic carbocycles. The van der Waals surface area contributed by atoms with Crippen molar-refractivity contribution in [3.05, 3.63) is 23.2 Å². The molecule has 1 aromatic rings. The van der Waals surface area contributed by atoms with E-state index < -0.39 is 5.60 Å². The van der Waals surface area contributed by atoms with E-state index in [4.69, 9.17) is 4.42 Å². The van der Waals surface area contributed by atoms with Gasteiger partial charge in [0.2, 0.25) is 0 Å². The molecule has 0 aromatic carbocycles. The predicted molar refractivity (Wildman–Crippen MR) is 116 cm³/mol. The molecular weight excluding hydrogens is 352 g/mol. The Morgan fingerprint density at radius 2 is 2.14 bits per heavy atom. The molecule has 1 aliphatic heterocycles. The summed E-state index contributed by atoms with van der Waals surface area (Å²) < 4.78 is 5.56. The Kier molecular flexibility index (Phi) is 8.83. The van der Waals surface area contributed by atoms with Gasteiger partial charge in [0.25, 0.3) is 0 Å². The summed E-state index contributed by atoms with van der Waals surface area (Å²) in [6.07, 6.45) is 5.03. The maximum absolute atomic E-state index is 10.8. The summed E-state index contributed by atoms with van der Waals surface area (Å²) in [6.45, 7) is 15.6. The van der Waals surface area contributed by atoms with Crippen molar-refractivity contribution in [1.82, 2.24) is 15.5 Å². The van der Waals surface area contributed by atoms with E-state index in [1.165, 1.54) is 38.9 Å². The Bertz CT molecular complexity index is 624. The highest BCUT2D eigenvalue weighted by Gasteiger charge is 2.27. The lowest BCUT2D eigenvalue weighted by atomic mass is 9.96. The van der Waals surface area contributed by atoms with Crippen LogP contribution < -0.4 is 10.6 Å². The van der Waals surface area contributed by atoms with Gasteiger partial charge in [-0.25, -0.2) is 4.99 Å². The van der Waals surface area contributed by atoms with Crippen molar-refractivity contribution in [3.8, 4) is 0 Å². The SMILES string of the molecule is CCNC(=NCC(C)(O)c1cc(C)oc1C)NCCCCN1CCCC(C)C1. The van der Waals surface area contributed by atoms with Gasteiger partial charge in [0.05, 0.1) is 6.54 Å². The number of aliphatic hydroxyl groups is 1. The highest BCUT2D eigenvalue weighted by atomic mass is 16.3. The molecule has 6 heteroatoms. The predicted octanol–water partition coefficient (Wildman–Crippen LogP) is 3.17. The Labute approximate surface area is 170 Å². The molecule has 1 saturated heterocycles. The van der Waals surface area contributed by atoms with Gasteiger partial charge in [0.15, 0.2) is 5.96 Å². The van der Waals surface area contributed by atoms with Crippen molar-refractivity contribution in [3.63, 3.8) is 0 Å². The zero-order valence-electron chi connectivity index (χ0n) is 18.5. The summed E-state index contributed by atoms with van der Waals surface area (Å²) in [5, 5.41) is 17.5. The van der Waals surface area contributed by atoms with E-state index in [1.54, 1.807) is 6.92 Å². The Hall–Kier alpha value is -1.53. The minimum Gasteiger partial charge on any atom is -0.466 e. The Balaban J connectivity index is 1.77. The number of rotatable bonds is 9. The van der Waals surface area contributed by atoms with Crippen LogP contribution in [-0.4, -0.2) is 55.2 Å². The monoisotopic (exact) mass is 392 g/mol. The van der Waals surface area contributed by atoms with Crippen molar-refractivity contribution in [2.24, 2.45) is 10.9 Å². The number of hydrogen-bond acceptors (Lipinski definition) is 4. The van der Waals surface area contributed by atoms with Gasteiger partial charge < -0.3 is 25.1 Å². The third-order valence-corrected chi connectivity index (χ3v) is 5.45. The molecule has 2 heterocycles. The van der Waals surface area contributed by atoms with Crippen molar-refractivity contribution < 1.29 is 9.52 Å². The number of unbranched alkanes of at least 4 members (excludes halogenated alkanes) is 1. The molecule has 6 nitrogen and oxygen atoms in total. The van der Waals surface area contributed by atoms with E-state index in [9.17, 15) is 5.11 Å². The number of aryl methyl sites for hydroxylation is 2. The minimum absolute atomic E-state index is 0.286. The molecule has 1 aromatic heterocycles. The van der Waals surface area contributed by atoms with Crippen molar-refractivity contribution in [2.75, 3.05) is 39.3 Å². The molecule has 3 N–H and O–H groups in total. The van der Waals surface area contributed by atoms with Gasteiger partial charge in [-0.1, -0.05) is 6.92 Å². The van der Waals surface area contributed by atoms with E-state index in [0.29, 0.717) is 0 Å². The third kappa shape index (κ3) is 7.13. The lowest BCUT2D eigenvalue weighted by Gasteiger charge is -2.30. The average Bonchev–Trinajstić information content (AvgIpc) is 2.98. The lowest BCUT2D eigenvalue weighted by Crippen LogP contribution is -2.39. The summed E-state index contributed by atoms with van der Waals surface area (Å²) >= 11 is 0. The first-order chi connectivity index (χ1) is 13.3. The number of likely N-dealkylation sites (tertiary alicyclic amines) is 1. The van der Waals surface area contributed by atoms with E-state index >= 15 is 0 Å². The number of furan rings is 1. The minimum atomic E-state index is -1.05. The Morgan fingerprint density at radius 1 is 1.36 bits per heavy atom. The second-order valence-corrected chi connectivity index (χ2v) is 8.48. The van der Waals surface area contributed by atoms with Crippen molar-refractivity contribution in [2.45, 2.75) is 65.9 Å². The number of hydrogen-bond donors (Lipinski definition) is 3. The largest absolute Gasteiger partial charge is 0.466 e. The van der Waals surface area contributed by atoms with Crippen LogP contribution in [0, 0.1) is 19.8 Å². The molecule has 0 bridgehead atoms. The first-order valence-electron chi connectivity index (χ1n) is 10.9. The van der Waals surface area contributed by atoms with E-state index in [-0.39, 0.29) is 6.54 Å². The summed E-state index contributed by atoms with van der Waals surface area (Å²) in [5.74, 6) is 3.16. The van der Waals surface area contributed by atoms with Crippen LogP contribution in [0.3, 0.4) is 0 Å². The quantitative estimate of drug-likeness (QED) is 0.342. The van der Waals surface area contributed by atoms with Gasteiger partial charge in [-0.05, 0) is 78.5 Å². The summed E-state index contributed by atoms with van der Waals surface area (Å²) in [4.78, 5) is 7.20. The van der Waals surface area contributed by atoms with Crippen LogP contribution in [0.4, 0.5) is 0 Å². The zero-order chi connectivity index (χ0) is 20.6. The van der Waals surface area contributed by atoms with Crippen LogP contribution in [0.5, 0.6) is 0 Å². The zero-order valence-corrected chi connectivity index (χ0v) is 18.5. The summed E-state index contributed by atoms with van der Waals surface area (Å²) in [6, 6.07) is 1.90. The fraction of sp³-hybridized carbons (Fsp3) is 0.773. The first kappa shape index (κ1) is 22.8. The molecule has 0 amide bonds. The molecular formula is C22H40N4O2. The number of piperidine rings is 1. The molecule has 1 aliphatic rings. The van der Waals surface area contributed by atoms with Gasteiger partial charge in [0.1, 0.15) is 17.1 Å². The maximum atomic E-state index is 10.8. The van der Waals surface area contributed by atoms with Crippen molar-refractivity contribution >= 4 is 5.96 Å². The molecule has 0 spiro atoms. The number of guanidine groups is 1. The smallest absolute Gasteiger partial charge is 0.191 e.